The maximum absolute atomic E-state index is 4.76. The van der Waals surface area contributed by atoms with E-state index in [1.807, 2.05) is 13.1 Å². The standard InChI is InChI=1S/C16H30N4/c1-11(15(2,3)4)20(9)13-10-12(17-8)18-14(19-13)16(5,6)7/h10-11H,1-9H3,(H,17,18,19). The van der Waals surface area contributed by atoms with Crippen LogP contribution in [0.4, 0.5) is 11.6 Å². The normalized spacial score (nSPS) is 14.1. The van der Waals surface area contributed by atoms with Gasteiger partial charge in [0.2, 0.25) is 0 Å². The van der Waals surface area contributed by atoms with Crippen molar-refractivity contribution in [2.75, 3.05) is 24.3 Å². The quantitative estimate of drug-likeness (QED) is 0.915. The maximum Gasteiger partial charge on any atom is 0.138 e. The molecule has 114 valence electrons. The molecule has 0 saturated carbocycles. The second-order valence-electron chi connectivity index (χ2n) is 7.59. The minimum Gasteiger partial charge on any atom is -0.373 e. The fourth-order valence-corrected chi connectivity index (χ4v) is 1.86. The summed E-state index contributed by atoms with van der Waals surface area (Å²) >= 11 is 0. The topological polar surface area (TPSA) is 41.0 Å². The van der Waals surface area contributed by atoms with Crippen molar-refractivity contribution in [3.63, 3.8) is 0 Å². The molecule has 0 fully saturated rings. The molecule has 1 N–H and O–H groups in total. The van der Waals surface area contributed by atoms with Gasteiger partial charge >= 0.3 is 0 Å². The van der Waals surface area contributed by atoms with Crippen LogP contribution in [0, 0.1) is 5.41 Å². The third-order valence-electron chi connectivity index (χ3n) is 3.84. The van der Waals surface area contributed by atoms with Crippen molar-refractivity contribution in [3.05, 3.63) is 11.9 Å². The van der Waals surface area contributed by atoms with Crippen LogP contribution in [0.1, 0.15) is 54.3 Å². The van der Waals surface area contributed by atoms with E-state index in [2.05, 4.69) is 70.7 Å². The molecule has 0 bridgehead atoms. The van der Waals surface area contributed by atoms with E-state index in [9.17, 15) is 0 Å². The Balaban J connectivity index is 3.24. The number of nitrogens with zero attached hydrogens (tertiary/aromatic N) is 3. The fraction of sp³-hybridized carbons (Fsp3) is 0.750. The van der Waals surface area contributed by atoms with Gasteiger partial charge in [-0.25, -0.2) is 9.97 Å². The third kappa shape index (κ3) is 3.84. The molecule has 0 aromatic carbocycles. The van der Waals surface area contributed by atoms with Gasteiger partial charge in [0.25, 0.3) is 0 Å². The van der Waals surface area contributed by atoms with Crippen LogP contribution in [0.15, 0.2) is 6.07 Å². The first kappa shape index (κ1) is 16.7. The molecule has 4 nitrogen and oxygen atoms in total. The summed E-state index contributed by atoms with van der Waals surface area (Å²) < 4.78 is 0. The molecule has 0 aliphatic rings. The molecule has 1 unspecified atom stereocenters. The van der Waals surface area contributed by atoms with Crippen molar-refractivity contribution in [1.29, 1.82) is 0 Å². The number of hydrogen-bond donors (Lipinski definition) is 1. The Morgan fingerprint density at radius 2 is 1.65 bits per heavy atom. The minimum atomic E-state index is -0.0621. The molecule has 1 aromatic rings. The molecule has 0 radical (unpaired) electrons. The van der Waals surface area contributed by atoms with Crippen LogP contribution in [0.3, 0.4) is 0 Å². The highest BCUT2D eigenvalue weighted by Crippen LogP contribution is 2.29. The van der Waals surface area contributed by atoms with E-state index in [0.29, 0.717) is 6.04 Å². The van der Waals surface area contributed by atoms with E-state index < -0.39 is 0 Å². The second-order valence-corrected chi connectivity index (χ2v) is 7.59. The Hall–Kier alpha value is -1.32. The van der Waals surface area contributed by atoms with Gasteiger partial charge in [-0.2, -0.15) is 0 Å². The molecule has 0 aliphatic carbocycles. The molecule has 0 saturated heterocycles. The van der Waals surface area contributed by atoms with Gasteiger partial charge in [-0.05, 0) is 12.3 Å². The van der Waals surface area contributed by atoms with Gasteiger partial charge in [0.1, 0.15) is 17.5 Å². The van der Waals surface area contributed by atoms with Crippen LogP contribution in [-0.4, -0.2) is 30.1 Å². The van der Waals surface area contributed by atoms with Crippen LogP contribution in [0.5, 0.6) is 0 Å². The van der Waals surface area contributed by atoms with Crippen molar-refractivity contribution in [2.24, 2.45) is 5.41 Å². The fourth-order valence-electron chi connectivity index (χ4n) is 1.86. The summed E-state index contributed by atoms with van der Waals surface area (Å²) in [6.07, 6.45) is 0. The monoisotopic (exact) mass is 278 g/mol. The van der Waals surface area contributed by atoms with Gasteiger partial charge in [-0.15, -0.1) is 0 Å². The molecule has 1 aromatic heterocycles. The number of hydrogen-bond acceptors (Lipinski definition) is 4. The number of anilines is 2. The van der Waals surface area contributed by atoms with Crippen LogP contribution < -0.4 is 10.2 Å². The van der Waals surface area contributed by atoms with Crippen molar-refractivity contribution in [1.82, 2.24) is 9.97 Å². The van der Waals surface area contributed by atoms with Crippen molar-refractivity contribution < 1.29 is 0 Å². The first-order chi connectivity index (χ1) is 8.96. The number of aromatic nitrogens is 2. The lowest BCUT2D eigenvalue weighted by molar-refractivity contribution is 0.328. The zero-order valence-electron chi connectivity index (χ0n) is 14.5. The summed E-state index contributed by atoms with van der Waals surface area (Å²) in [4.78, 5) is 11.6. The number of rotatable bonds is 3. The first-order valence-corrected chi connectivity index (χ1v) is 7.27. The Bertz CT molecular complexity index is 455. The van der Waals surface area contributed by atoms with Gasteiger partial charge in [0.15, 0.2) is 0 Å². The highest BCUT2D eigenvalue weighted by Gasteiger charge is 2.26. The Labute approximate surface area is 124 Å². The molecule has 0 amide bonds. The molecule has 1 rings (SSSR count). The summed E-state index contributed by atoms with van der Waals surface area (Å²) in [6.45, 7) is 15.4. The molecular weight excluding hydrogens is 248 g/mol. The maximum atomic E-state index is 4.76. The smallest absolute Gasteiger partial charge is 0.138 e. The van der Waals surface area contributed by atoms with Gasteiger partial charge < -0.3 is 10.2 Å². The lowest BCUT2D eigenvalue weighted by Crippen LogP contribution is -2.40. The Morgan fingerprint density at radius 1 is 1.10 bits per heavy atom. The predicted octanol–water partition coefficient (Wildman–Crippen LogP) is 3.69. The summed E-state index contributed by atoms with van der Waals surface area (Å²) in [6, 6.07) is 2.40. The van der Waals surface area contributed by atoms with E-state index in [-0.39, 0.29) is 10.8 Å². The van der Waals surface area contributed by atoms with Gasteiger partial charge in [-0.3, -0.25) is 0 Å². The molecule has 0 aliphatic heterocycles. The van der Waals surface area contributed by atoms with Crippen molar-refractivity contribution in [2.45, 2.75) is 59.9 Å². The van der Waals surface area contributed by atoms with Crippen LogP contribution >= 0.6 is 0 Å². The molecule has 0 spiro atoms. The summed E-state index contributed by atoms with van der Waals surface area (Å²) in [7, 11) is 4.00. The van der Waals surface area contributed by atoms with Crippen LogP contribution in [-0.2, 0) is 5.41 Å². The van der Waals surface area contributed by atoms with E-state index >= 15 is 0 Å². The molecule has 20 heavy (non-hydrogen) atoms. The summed E-state index contributed by atoms with van der Waals surface area (Å²) in [5, 5.41) is 3.13. The van der Waals surface area contributed by atoms with Gasteiger partial charge in [-0.1, -0.05) is 41.5 Å². The van der Waals surface area contributed by atoms with E-state index in [1.54, 1.807) is 0 Å². The van der Waals surface area contributed by atoms with E-state index in [4.69, 9.17) is 4.98 Å². The predicted molar refractivity (Wildman–Crippen MR) is 87.6 cm³/mol. The van der Waals surface area contributed by atoms with Crippen LogP contribution in [0.25, 0.3) is 0 Å². The number of nitrogens with one attached hydrogen (secondary N) is 1. The minimum absolute atomic E-state index is 0.0621. The van der Waals surface area contributed by atoms with E-state index in [0.717, 1.165) is 17.5 Å². The highest BCUT2D eigenvalue weighted by atomic mass is 15.2. The molecule has 1 atom stereocenters. The second kappa shape index (κ2) is 5.58. The van der Waals surface area contributed by atoms with Crippen LogP contribution in [0.2, 0.25) is 0 Å². The summed E-state index contributed by atoms with van der Waals surface area (Å²) in [5.41, 5.74) is 0.134. The van der Waals surface area contributed by atoms with Gasteiger partial charge in [0.05, 0.1) is 0 Å². The zero-order chi connectivity index (χ0) is 15.7. The summed E-state index contributed by atoms with van der Waals surface area (Å²) in [5.74, 6) is 2.71. The highest BCUT2D eigenvalue weighted by molar-refractivity contribution is 5.50. The van der Waals surface area contributed by atoms with E-state index in [1.165, 1.54) is 0 Å². The Morgan fingerprint density at radius 3 is 2.05 bits per heavy atom. The zero-order valence-corrected chi connectivity index (χ0v) is 14.5. The lowest BCUT2D eigenvalue weighted by Gasteiger charge is -2.36. The first-order valence-electron chi connectivity index (χ1n) is 7.27. The third-order valence-corrected chi connectivity index (χ3v) is 3.84. The molecular formula is C16H30N4. The largest absolute Gasteiger partial charge is 0.373 e. The van der Waals surface area contributed by atoms with Crippen molar-refractivity contribution >= 4 is 11.6 Å². The Kier molecular flexibility index (Phi) is 4.67. The lowest BCUT2D eigenvalue weighted by atomic mass is 9.87. The van der Waals surface area contributed by atoms with Gasteiger partial charge in [0, 0.05) is 31.6 Å². The average Bonchev–Trinajstić information content (AvgIpc) is 2.34. The molecule has 4 heteroatoms. The van der Waals surface area contributed by atoms with Crippen molar-refractivity contribution in [3.8, 4) is 0 Å². The SMILES string of the molecule is CNc1cc(N(C)C(C)C(C)(C)C)nc(C(C)(C)C)n1. The molecule has 1 heterocycles. The average molecular weight is 278 g/mol.